The molecule has 1 atom stereocenters. The predicted octanol–water partition coefficient (Wildman–Crippen LogP) is 2.58. The molecule has 2 rings (SSSR count). The molecule has 2 aromatic rings. The van der Waals surface area contributed by atoms with E-state index in [0.717, 1.165) is 21.0 Å². The fourth-order valence-corrected chi connectivity index (χ4v) is 2.04. The van der Waals surface area contributed by atoms with Crippen LogP contribution in [0.4, 0.5) is 0 Å². The van der Waals surface area contributed by atoms with Crippen LogP contribution >= 0.6 is 15.9 Å². The Balaban J connectivity index is 2.51. The third kappa shape index (κ3) is 1.93. The number of rotatable bonds is 3. The van der Waals surface area contributed by atoms with Crippen LogP contribution < -0.4 is 5.73 Å². The Morgan fingerprint density at radius 1 is 1.47 bits per heavy atom. The Morgan fingerprint density at radius 2 is 2.27 bits per heavy atom. The van der Waals surface area contributed by atoms with Gasteiger partial charge in [-0.05, 0) is 28.4 Å². The minimum Gasteiger partial charge on any atom is -0.463 e. The zero-order valence-corrected chi connectivity index (χ0v) is 9.70. The molecule has 80 valence electrons. The molecule has 0 aliphatic heterocycles. The van der Waals surface area contributed by atoms with E-state index in [9.17, 15) is 0 Å². The highest BCUT2D eigenvalue weighted by molar-refractivity contribution is 9.10. The molecule has 15 heavy (non-hydrogen) atoms. The molecular weight excluding hydrogens is 258 g/mol. The number of halogens is 1. The van der Waals surface area contributed by atoms with Gasteiger partial charge in [0, 0.05) is 23.6 Å². The van der Waals surface area contributed by atoms with E-state index in [0.29, 0.717) is 6.42 Å². The van der Waals surface area contributed by atoms with Crippen molar-refractivity contribution in [2.24, 2.45) is 5.73 Å². The van der Waals surface area contributed by atoms with Gasteiger partial charge in [-0.15, -0.1) is 0 Å². The minimum atomic E-state index is -0.184. The molecule has 0 fully saturated rings. The fourth-order valence-electron chi connectivity index (χ4n) is 1.64. The molecule has 1 aromatic carbocycles. The summed E-state index contributed by atoms with van der Waals surface area (Å²) in [6.45, 7) is 0.0828. The molecule has 3 N–H and O–H groups in total. The average molecular weight is 270 g/mol. The van der Waals surface area contributed by atoms with E-state index >= 15 is 0 Å². The van der Waals surface area contributed by atoms with Gasteiger partial charge >= 0.3 is 0 Å². The van der Waals surface area contributed by atoms with Crippen LogP contribution in [0, 0.1) is 0 Å². The lowest BCUT2D eigenvalue weighted by atomic mass is 10.0. The SMILES string of the molecule is NC(CCO)c1cccc2c(Br)coc12. The van der Waals surface area contributed by atoms with Gasteiger partial charge in [0.25, 0.3) is 0 Å². The number of nitrogens with two attached hydrogens (primary N) is 1. The van der Waals surface area contributed by atoms with E-state index in [2.05, 4.69) is 15.9 Å². The van der Waals surface area contributed by atoms with Crippen molar-refractivity contribution in [3.05, 3.63) is 34.5 Å². The molecule has 1 heterocycles. The molecule has 0 bridgehead atoms. The Labute approximate surface area is 96.0 Å². The first-order valence-corrected chi connectivity index (χ1v) is 5.55. The van der Waals surface area contributed by atoms with Gasteiger partial charge in [-0.3, -0.25) is 0 Å². The normalized spacial score (nSPS) is 13.3. The third-order valence-electron chi connectivity index (χ3n) is 2.42. The summed E-state index contributed by atoms with van der Waals surface area (Å²) in [6.07, 6.45) is 2.19. The number of aliphatic hydroxyl groups excluding tert-OH is 1. The molecule has 0 radical (unpaired) electrons. The van der Waals surface area contributed by atoms with E-state index in [1.165, 1.54) is 0 Å². The molecule has 0 saturated heterocycles. The van der Waals surface area contributed by atoms with Crippen molar-refractivity contribution in [1.29, 1.82) is 0 Å². The van der Waals surface area contributed by atoms with E-state index < -0.39 is 0 Å². The monoisotopic (exact) mass is 269 g/mol. The maximum atomic E-state index is 8.86. The molecule has 3 nitrogen and oxygen atoms in total. The van der Waals surface area contributed by atoms with Crippen molar-refractivity contribution in [2.75, 3.05) is 6.61 Å². The lowest BCUT2D eigenvalue weighted by Gasteiger charge is -2.10. The van der Waals surface area contributed by atoms with E-state index in [4.69, 9.17) is 15.3 Å². The van der Waals surface area contributed by atoms with Gasteiger partial charge in [0.2, 0.25) is 0 Å². The topological polar surface area (TPSA) is 59.4 Å². The van der Waals surface area contributed by atoms with Crippen LogP contribution in [0.25, 0.3) is 11.0 Å². The molecule has 4 heteroatoms. The summed E-state index contributed by atoms with van der Waals surface area (Å²) >= 11 is 3.41. The zero-order chi connectivity index (χ0) is 10.8. The smallest absolute Gasteiger partial charge is 0.139 e. The summed E-state index contributed by atoms with van der Waals surface area (Å²) in [5.74, 6) is 0. The van der Waals surface area contributed by atoms with Crippen molar-refractivity contribution in [2.45, 2.75) is 12.5 Å². The number of hydrogen-bond donors (Lipinski definition) is 2. The van der Waals surface area contributed by atoms with Crippen LogP contribution in [0.1, 0.15) is 18.0 Å². The van der Waals surface area contributed by atoms with Crippen LogP contribution in [-0.4, -0.2) is 11.7 Å². The number of aliphatic hydroxyl groups is 1. The van der Waals surface area contributed by atoms with Gasteiger partial charge in [-0.25, -0.2) is 0 Å². The summed E-state index contributed by atoms with van der Waals surface area (Å²) in [4.78, 5) is 0. The van der Waals surface area contributed by atoms with Gasteiger partial charge < -0.3 is 15.3 Å². The summed E-state index contributed by atoms with van der Waals surface area (Å²) in [7, 11) is 0. The molecule has 1 aromatic heterocycles. The second-order valence-electron chi connectivity index (χ2n) is 3.43. The van der Waals surface area contributed by atoms with Crippen LogP contribution in [0.2, 0.25) is 0 Å². The molecular formula is C11H12BrNO2. The molecule has 1 unspecified atom stereocenters. The number of benzene rings is 1. The highest BCUT2D eigenvalue weighted by atomic mass is 79.9. The largest absolute Gasteiger partial charge is 0.463 e. The molecule has 0 spiro atoms. The highest BCUT2D eigenvalue weighted by Crippen LogP contribution is 2.31. The first-order valence-electron chi connectivity index (χ1n) is 4.76. The fraction of sp³-hybridized carbons (Fsp3) is 0.273. The number of furan rings is 1. The van der Waals surface area contributed by atoms with Crippen LogP contribution in [0.15, 0.2) is 33.4 Å². The highest BCUT2D eigenvalue weighted by Gasteiger charge is 2.13. The van der Waals surface area contributed by atoms with Gasteiger partial charge in [-0.2, -0.15) is 0 Å². The van der Waals surface area contributed by atoms with Crippen molar-refractivity contribution in [3.8, 4) is 0 Å². The lowest BCUT2D eigenvalue weighted by molar-refractivity contribution is 0.276. The molecule has 0 aliphatic rings. The summed E-state index contributed by atoms with van der Waals surface area (Å²) in [5.41, 5.74) is 7.68. The van der Waals surface area contributed by atoms with Gasteiger partial charge in [0.1, 0.15) is 11.8 Å². The number of fused-ring (bicyclic) bond motifs is 1. The van der Waals surface area contributed by atoms with Crippen molar-refractivity contribution < 1.29 is 9.52 Å². The first kappa shape index (κ1) is 10.7. The maximum Gasteiger partial charge on any atom is 0.139 e. The quantitative estimate of drug-likeness (QED) is 0.901. The Hall–Kier alpha value is -0.840. The standard InChI is InChI=1S/C11H12BrNO2/c12-9-6-15-11-7(9)2-1-3-8(11)10(13)4-5-14/h1-3,6,10,14H,4-5,13H2. The zero-order valence-electron chi connectivity index (χ0n) is 8.11. The van der Waals surface area contributed by atoms with Gasteiger partial charge in [0.15, 0.2) is 0 Å². The van der Waals surface area contributed by atoms with Crippen LogP contribution in [0.3, 0.4) is 0 Å². The molecule has 0 aliphatic carbocycles. The predicted molar refractivity (Wildman–Crippen MR) is 62.5 cm³/mol. The van der Waals surface area contributed by atoms with E-state index in [1.54, 1.807) is 6.26 Å². The van der Waals surface area contributed by atoms with Crippen molar-refractivity contribution in [3.63, 3.8) is 0 Å². The maximum absolute atomic E-state index is 8.86. The second-order valence-corrected chi connectivity index (χ2v) is 4.28. The minimum absolute atomic E-state index is 0.0828. The number of para-hydroxylation sites is 1. The Kier molecular flexibility index (Phi) is 3.09. The first-order chi connectivity index (χ1) is 7.24. The van der Waals surface area contributed by atoms with E-state index in [-0.39, 0.29) is 12.6 Å². The second kappa shape index (κ2) is 4.35. The molecule has 0 saturated carbocycles. The van der Waals surface area contributed by atoms with Gasteiger partial charge in [0.05, 0.1) is 4.47 Å². The third-order valence-corrected chi connectivity index (χ3v) is 3.04. The Morgan fingerprint density at radius 3 is 3.00 bits per heavy atom. The summed E-state index contributed by atoms with van der Waals surface area (Å²) < 4.78 is 6.37. The van der Waals surface area contributed by atoms with Gasteiger partial charge in [-0.1, -0.05) is 12.1 Å². The van der Waals surface area contributed by atoms with Crippen LogP contribution in [-0.2, 0) is 0 Å². The average Bonchev–Trinajstić information content (AvgIpc) is 2.61. The molecule has 0 amide bonds. The van der Waals surface area contributed by atoms with Crippen LogP contribution in [0.5, 0.6) is 0 Å². The van der Waals surface area contributed by atoms with E-state index in [1.807, 2.05) is 18.2 Å². The van der Waals surface area contributed by atoms with Crippen molar-refractivity contribution >= 4 is 26.9 Å². The number of hydrogen-bond acceptors (Lipinski definition) is 3. The summed E-state index contributed by atoms with van der Waals surface area (Å²) in [6, 6.07) is 5.66. The van der Waals surface area contributed by atoms with Crippen molar-refractivity contribution in [1.82, 2.24) is 0 Å². The Bertz CT molecular complexity index is 467. The summed E-state index contributed by atoms with van der Waals surface area (Å²) in [5, 5.41) is 9.87. The lowest BCUT2D eigenvalue weighted by Crippen LogP contribution is -2.11.